The van der Waals surface area contributed by atoms with Crippen molar-refractivity contribution in [1.29, 1.82) is 0 Å². The van der Waals surface area contributed by atoms with Gasteiger partial charge in [-0.05, 0) is 24.0 Å². The molecule has 0 spiro atoms. The lowest BCUT2D eigenvalue weighted by atomic mass is 10.1. The molecule has 2 rings (SSSR count). The predicted molar refractivity (Wildman–Crippen MR) is 88.8 cm³/mol. The Morgan fingerprint density at radius 3 is 2.75 bits per heavy atom. The summed E-state index contributed by atoms with van der Waals surface area (Å²) < 4.78 is 23.4. The third-order valence-corrected chi connectivity index (χ3v) is 3.92. The molecule has 1 heterocycles. The lowest BCUT2D eigenvalue weighted by Gasteiger charge is -2.11. The Labute approximate surface area is 142 Å². The van der Waals surface area contributed by atoms with Gasteiger partial charge in [0.05, 0.1) is 0 Å². The lowest BCUT2D eigenvalue weighted by molar-refractivity contribution is 0.0996. The third-order valence-electron chi connectivity index (χ3n) is 3.17. The SMILES string of the molecule is Cc1cccc(COc2nsc(NC(=O)N(C)C)c2C(N)=O)c1F. The van der Waals surface area contributed by atoms with Crippen LogP contribution in [0.2, 0.25) is 0 Å². The number of nitrogens with one attached hydrogen (secondary N) is 1. The summed E-state index contributed by atoms with van der Waals surface area (Å²) in [4.78, 5) is 24.7. The van der Waals surface area contributed by atoms with Crippen LogP contribution in [0.3, 0.4) is 0 Å². The van der Waals surface area contributed by atoms with Crippen LogP contribution in [-0.4, -0.2) is 35.3 Å². The second-order valence-corrected chi connectivity index (χ2v) is 5.99. The molecule has 0 aliphatic heterocycles. The fourth-order valence-electron chi connectivity index (χ4n) is 1.85. The zero-order chi connectivity index (χ0) is 17.9. The van der Waals surface area contributed by atoms with Crippen LogP contribution in [0.4, 0.5) is 14.2 Å². The molecule has 9 heteroatoms. The van der Waals surface area contributed by atoms with E-state index < -0.39 is 11.9 Å². The Morgan fingerprint density at radius 2 is 2.12 bits per heavy atom. The molecule has 0 aliphatic rings. The van der Waals surface area contributed by atoms with E-state index in [0.29, 0.717) is 11.1 Å². The second-order valence-electron chi connectivity index (χ2n) is 5.22. The van der Waals surface area contributed by atoms with E-state index in [0.717, 1.165) is 11.5 Å². The van der Waals surface area contributed by atoms with E-state index in [2.05, 4.69) is 9.69 Å². The quantitative estimate of drug-likeness (QED) is 0.863. The van der Waals surface area contributed by atoms with E-state index in [9.17, 15) is 14.0 Å². The minimum atomic E-state index is -0.794. The van der Waals surface area contributed by atoms with Crippen molar-refractivity contribution >= 4 is 28.5 Å². The summed E-state index contributed by atoms with van der Waals surface area (Å²) in [5, 5.41) is 2.70. The van der Waals surface area contributed by atoms with Crippen LogP contribution in [0.1, 0.15) is 21.5 Å². The monoisotopic (exact) mass is 352 g/mol. The first-order chi connectivity index (χ1) is 11.3. The van der Waals surface area contributed by atoms with Gasteiger partial charge in [0.1, 0.15) is 23.0 Å². The molecule has 0 atom stereocenters. The van der Waals surface area contributed by atoms with Crippen molar-refractivity contribution in [3.05, 3.63) is 40.7 Å². The summed E-state index contributed by atoms with van der Waals surface area (Å²) in [6.07, 6.45) is 0. The van der Waals surface area contributed by atoms with Crippen molar-refractivity contribution in [2.75, 3.05) is 19.4 Å². The summed E-state index contributed by atoms with van der Waals surface area (Å²) in [5.41, 5.74) is 6.12. The Morgan fingerprint density at radius 1 is 1.42 bits per heavy atom. The molecular formula is C15H17FN4O3S. The van der Waals surface area contributed by atoms with Gasteiger partial charge in [-0.25, -0.2) is 9.18 Å². The number of benzene rings is 1. The molecule has 0 saturated heterocycles. The van der Waals surface area contributed by atoms with Gasteiger partial charge in [-0.15, -0.1) is 0 Å². The number of urea groups is 1. The van der Waals surface area contributed by atoms with Crippen molar-refractivity contribution in [3.8, 4) is 5.88 Å². The Balaban J connectivity index is 2.21. The molecule has 0 bridgehead atoms. The molecule has 2 aromatic rings. The summed E-state index contributed by atoms with van der Waals surface area (Å²) in [5.74, 6) is -1.21. The standard InChI is InChI=1S/C15H17FN4O3S/c1-8-5-4-6-9(11(8)16)7-23-13-10(12(17)21)14(24-19-13)18-15(22)20(2)3/h4-6H,7H2,1-3H3,(H2,17,21)(H,18,22). The topological polar surface area (TPSA) is 97.6 Å². The van der Waals surface area contributed by atoms with Gasteiger partial charge in [0.2, 0.25) is 5.88 Å². The van der Waals surface area contributed by atoms with Gasteiger partial charge in [-0.3, -0.25) is 10.1 Å². The first-order valence-electron chi connectivity index (χ1n) is 6.95. The van der Waals surface area contributed by atoms with Crippen LogP contribution in [0, 0.1) is 12.7 Å². The number of hydrogen-bond donors (Lipinski definition) is 2. The average Bonchev–Trinajstić information content (AvgIpc) is 2.91. The molecule has 0 radical (unpaired) electrons. The number of nitrogens with two attached hydrogens (primary N) is 1. The van der Waals surface area contributed by atoms with E-state index in [1.807, 2.05) is 0 Å². The number of amides is 3. The zero-order valence-corrected chi connectivity index (χ0v) is 14.2. The van der Waals surface area contributed by atoms with Crippen LogP contribution in [0.5, 0.6) is 5.88 Å². The van der Waals surface area contributed by atoms with Gasteiger partial charge >= 0.3 is 6.03 Å². The number of halogens is 1. The molecule has 0 unspecified atom stereocenters. The summed E-state index contributed by atoms with van der Waals surface area (Å²) in [6.45, 7) is 1.53. The molecule has 0 fully saturated rings. The fraction of sp³-hybridized carbons (Fsp3) is 0.267. The highest BCUT2D eigenvalue weighted by Crippen LogP contribution is 2.31. The molecule has 1 aromatic carbocycles. The van der Waals surface area contributed by atoms with Gasteiger partial charge in [0.15, 0.2) is 0 Å². The maximum Gasteiger partial charge on any atom is 0.321 e. The number of ether oxygens (including phenoxy) is 1. The molecule has 3 N–H and O–H groups in total. The summed E-state index contributed by atoms with van der Waals surface area (Å²) >= 11 is 0.865. The number of carbonyl (C=O) groups excluding carboxylic acids is 2. The number of carbonyl (C=O) groups is 2. The zero-order valence-electron chi connectivity index (χ0n) is 13.4. The third kappa shape index (κ3) is 3.80. The van der Waals surface area contributed by atoms with Crippen molar-refractivity contribution in [2.24, 2.45) is 5.73 Å². The van der Waals surface area contributed by atoms with E-state index in [4.69, 9.17) is 10.5 Å². The number of rotatable bonds is 5. The van der Waals surface area contributed by atoms with Crippen molar-refractivity contribution in [1.82, 2.24) is 9.27 Å². The molecular weight excluding hydrogens is 335 g/mol. The average molecular weight is 352 g/mol. The van der Waals surface area contributed by atoms with Gasteiger partial charge in [0, 0.05) is 19.7 Å². The van der Waals surface area contributed by atoms with E-state index in [1.54, 1.807) is 39.2 Å². The Hall–Kier alpha value is -2.68. The van der Waals surface area contributed by atoms with E-state index in [1.165, 1.54) is 4.90 Å². The van der Waals surface area contributed by atoms with Gasteiger partial charge in [-0.1, -0.05) is 18.2 Å². The molecule has 24 heavy (non-hydrogen) atoms. The maximum absolute atomic E-state index is 14.0. The second kappa shape index (κ2) is 7.26. The highest BCUT2D eigenvalue weighted by molar-refractivity contribution is 7.11. The van der Waals surface area contributed by atoms with Crippen LogP contribution in [0.15, 0.2) is 18.2 Å². The predicted octanol–water partition coefficient (Wildman–Crippen LogP) is 2.36. The highest BCUT2D eigenvalue weighted by Gasteiger charge is 2.22. The number of aromatic nitrogens is 1. The van der Waals surface area contributed by atoms with Crippen LogP contribution >= 0.6 is 11.5 Å². The minimum Gasteiger partial charge on any atom is -0.471 e. The normalized spacial score (nSPS) is 10.3. The Bertz CT molecular complexity index is 776. The number of hydrogen-bond acceptors (Lipinski definition) is 5. The van der Waals surface area contributed by atoms with Gasteiger partial charge < -0.3 is 15.4 Å². The molecule has 128 valence electrons. The van der Waals surface area contributed by atoms with Crippen LogP contribution < -0.4 is 15.8 Å². The van der Waals surface area contributed by atoms with Crippen molar-refractivity contribution in [3.63, 3.8) is 0 Å². The molecule has 0 saturated carbocycles. The highest BCUT2D eigenvalue weighted by atomic mass is 32.1. The van der Waals surface area contributed by atoms with E-state index >= 15 is 0 Å². The molecule has 1 aromatic heterocycles. The smallest absolute Gasteiger partial charge is 0.321 e. The Kier molecular flexibility index (Phi) is 5.35. The molecule has 0 aliphatic carbocycles. The molecule has 7 nitrogen and oxygen atoms in total. The largest absolute Gasteiger partial charge is 0.471 e. The lowest BCUT2D eigenvalue weighted by Crippen LogP contribution is -2.28. The van der Waals surface area contributed by atoms with Crippen LogP contribution in [-0.2, 0) is 6.61 Å². The number of aryl methyl sites for hydroxylation is 1. The maximum atomic E-state index is 14.0. The number of anilines is 1. The first kappa shape index (κ1) is 17.7. The van der Waals surface area contributed by atoms with Gasteiger partial charge in [0.25, 0.3) is 5.91 Å². The minimum absolute atomic E-state index is 0.0386. The number of nitrogens with zero attached hydrogens (tertiary/aromatic N) is 2. The molecule has 3 amide bonds. The fourth-order valence-corrected chi connectivity index (χ4v) is 2.58. The van der Waals surface area contributed by atoms with Crippen molar-refractivity contribution in [2.45, 2.75) is 13.5 Å². The number of primary amides is 1. The van der Waals surface area contributed by atoms with Crippen LogP contribution in [0.25, 0.3) is 0 Å². The summed E-state index contributed by atoms with van der Waals surface area (Å²) in [7, 11) is 3.11. The van der Waals surface area contributed by atoms with E-state index in [-0.39, 0.29) is 28.9 Å². The van der Waals surface area contributed by atoms with Gasteiger partial charge in [-0.2, -0.15) is 4.37 Å². The van der Waals surface area contributed by atoms with Crippen molar-refractivity contribution < 1.29 is 18.7 Å². The first-order valence-corrected chi connectivity index (χ1v) is 7.73. The summed E-state index contributed by atoms with van der Waals surface area (Å²) in [6, 6.07) is 4.49.